The normalized spacial score (nSPS) is 12.4. The van der Waals surface area contributed by atoms with E-state index in [2.05, 4.69) is 176 Å². The van der Waals surface area contributed by atoms with E-state index in [9.17, 15) is 0 Å². The third kappa shape index (κ3) is 7.30. The summed E-state index contributed by atoms with van der Waals surface area (Å²) in [5.74, 6) is 0. The molecule has 2 heteroatoms. The molecule has 2 nitrogen and oxygen atoms in total. The lowest BCUT2D eigenvalue weighted by atomic mass is 9.91. The van der Waals surface area contributed by atoms with Crippen molar-refractivity contribution in [2.75, 3.05) is 0 Å². The van der Waals surface area contributed by atoms with Gasteiger partial charge < -0.3 is 10.2 Å². The molecule has 252 valence electrons. The van der Waals surface area contributed by atoms with Crippen LogP contribution in [0.5, 0.6) is 0 Å². The fourth-order valence-corrected chi connectivity index (χ4v) is 7.15. The Bertz CT molecular complexity index is 2510. The molecule has 0 bridgehead atoms. The van der Waals surface area contributed by atoms with Crippen LogP contribution in [0.2, 0.25) is 0 Å². The molecule has 0 radical (unpaired) electrons. The molecule has 0 spiro atoms. The first kappa shape index (κ1) is 33.0. The predicted octanol–water partition coefficient (Wildman–Crippen LogP) is 13.2. The second-order valence-corrected chi connectivity index (χ2v) is 13.3. The van der Waals surface area contributed by atoms with E-state index in [-0.39, 0.29) is 0 Å². The second kappa shape index (κ2) is 15.3. The van der Waals surface area contributed by atoms with Crippen molar-refractivity contribution >= 4 is 21.9 Å². The zero-order valence-electron chi connectivity index (χ0n) is 29.2. The Balaban J connectivity index is 0.000000250. The molecule has 2 N–H and O–H groups in total. The van der Waals surface area contributed by atoms with E-state index in [1.807, 2.05) is 12.1 Å². The van der Waals surface area contributed by atoms with E-state index < -0.39 is 0 Å². The van der Waals surface area contributed by atoms with Crippen LogP contribution in [-0.2, 0) is 13.0 Å². The quantitative estimate of drug-likeness (QED) is 0.183. The first-order chi connectivity index (χ1) is 25.7. The number of hydrogen-bond acceptors (Lipinski definition) is 2. The van der Waals surface area contributed by atoms with Crippen LogP contribution < -0.4 is 5.73 Å². The van der Waals surface area contributed by atoms with Crippen molar-refractivity contribution in [2.24, 2.45) is 5.73 Å². The fraction of sp³-hybridized carbons (Fsp3) is 0.0800. The number of nitrogens with two attached hydrogens (primary N) is 1. The van der Waals surface area contributed by atoms with E-state index in [1.54, 1.807) is 0 Å². The maximum absolute atomic E-state index is 6.17. The van der Waals surface area contributed by atoms with Gasteiger partial charge in [0.2, 0.25) is 0 Å². The maximum atomic E-state index is 6.17. The van der Waals surface area contributed by atoms with Gasteiger partial charge in [-0.2, -0.15) is 0 Å². The molecule has 9 rings (SSSR count). The molecule has 1 aliphatic rings. The average Bonchev–Trinajstić information content (AvgIpc) is 3.61. The van der Waals surface area contributed by atoms with Crippen LogP contribution in [-0.4, -0.2) is 0 Å². The van der Waals surface area contributed by atoms with Gasteiger partial charge in [-0.25, -0.2) is 0 Å². The van der Waals surface area contributed by atoms with Crippen LogP contribution in [0.25, 0.3) is 66.4 Å². The van der Waals surface area contributed by atoms with Crippen LogP contribution in [0.1, 0.15) is 24.0 Å². The lowest BCUT2D eigenvalue weighted by Gasteiger charge is -2.13. The minimum atomic E-state index is 0.474. The molecule has 0 aliphatic heterocycles. The zero-order chi connectivity index (χ0) is 35.1. The number of allylic oxidation sites excluding steroid dienone is 4. The van der Waals surface area contributed by atoms with E-state index in [1.165, 1.54) is 57.4 Å². The standard InChI is InChI=1S/C37H27NO.C13H14/c38-24-30-15-8-16-36-37(30)34-23-29(17-18-35(34)39-36)33-21-31(26-11-5-2-6-12-26)20-32(22-33)28-14-7-13-27(19-28)25-9-3-1-4-10-25;1-3-7-12(8-4-1)11-13-9-5-2-6-10-13/h1-23H,24,38H2;1,3-5,7-10H,2,6,11H2. The molecule has 0 unspecified atom stereocenters. The van der Waals surface area contributed by atoms with Crippen molar-refractivity contribution in [3.8, 4) is 44.5 Å². The highest BCUT2D eigenvalue weighted by Gasteiger charge is 2.14. The van der Waals surface area contributed by atoms with Gasteiger partial charge in [0, 0.05) is 17.3 Å². The number of rotatable bonds is 7. The highest BCUT2D eigenvalue weighted by molar-refractivity contribution is 6.08. The molecule has 0 atom stereocenters. The Morgan fingerprint density at radius 3 is 1.67 bits per heavy atom. The van der Waals surface area contributed by atoms with Crippen molar-refractivity contribution < 1.29 is 4.42 Å². The fourth-order valence-electron chi connectivity index (χ4n) is 7.15. The molecule has 1 aromatic heterocycles. The van der Waals surface area contributed by atoms with Gasteiger partial charge in [-0.15, -0.1) is 0 Å². The summed E-state index contributed by atoms with van der Waals surface area (Å²) in [6, 6.07) is 60.0. The largest absolute Gasteiger partial charge is 0.456 e. The highest BCUT2D eigenvalue weighted by Crippen LogP contribution is 2.38. The second-order valence-electron chi connectivity index (χ2n) is 13.3. The van der Waals surface area contributed by atoms with Crippen molar-refractivity contribution in [2.45, 2.75) is 25.8 Å². The van der Waals surface area contributed by atoms with E-state index in [0.29, 0.717) is 6.54 Å². The molecule has 7 aromatic carbocycles. The summed E-state index contributed by atoms with van der Waals surface area (Å²) in [6.45, 7) is 0.474. The molecular weight excluding hydrogens is 631 g/mol. The molecule has 8 aromatic rings. The molecule has 0 saturated heterocycles. The monoisotopic (exact) mass is 671 g/mol. The van der Waals surface area contributed by atoms with Crippen LogP contribution in [0.3, 0.4) is 0 Å². The highest BCUT2D eigenvalue weighted by atomic mass is 16.3. The van der Waals surface area contributed by atoms with Crippen LogP contribution >= 0.6 is 0 Å². The van der Waals surface area contributed by atoms with Gasteiger partial charge >= 0.3 is 0 Å². The van der Waals surface area contributed by atoms with Crippen LogP contribution in [0.15, 0.2) is 198 Å². The SMILES string of the molecule is C1=CC(Cc2ccccc2)=CCC1.NCc1cccc2oc3ccc(-c4cc(-c5ccccc5)cc(-c5cccc(-c6ccccc6)c5)c4)cc3c12. The first-order valence-electron chi connectivity index (χ1n) is 18.1. The minimum absolute atomic E-state index is 0.474. The number of furan rings is 1. The van der Waals surface area contributed by atoms with Gasteiger partial charge in [-0.1, -0.05) is 146 Å². The lowest BCUT2D eigenvalue weighted by molar-refractivity contribution is 0.668. The van der Waals surface area contributed by atoms with Crippen LogP contribution in [0, 0.1) is 0 Å². The van der Waals surface area contributed by atoms with Gasteiger partial charge in [0.1, 0.15) is 11.2 Å². The van der Waals surface area contributed by atoms with Crippen LogP contribution in [0.4, 0.5) is 0 Å². The topological polar surface area (TPSA) is 39.2 Å². The molecule has 52 heavy (non-hydrogen) atoms. The Morgan fingerprint density at radius 2 is 1.02 bits per heavy atom. The Morgan fingerprint density at radius 1 is 0.462 bits per heavy atom. The summed E-state index contributed by atoms with van der Waals surface area (Å²) in [4.78, 5) is 0. The Hall–Kier alpha value is -6.22. The maximum Gasteiger partial charge on any atom is 0.135 e. The average molecular weight is 672 g/mol. The van der Waals surface area contributed by atoms with E-state index in [0.717, 1.165) is 45.0 Å². The predicted molar refractivity (Wildman–Crippen MR) is 220 cm³/mol. The number of hydrogen-bond donors (Lipinski definition) is 1. The van der Waals surface area contributed by atoms with Crippen molar-refractivity contribution in [1.82, 2.24) is 0 Å². The van der Waals surface area contributed by atoms with Crippen molar-refractivity contribution in [3.05, 3.63) is 205 Å². The summed E-state index contributed by atoms with van der Waals surface area (Å²) in [5, 5.41) is 2.20. The lowest BCUT2D eigenvalue weighted by Crippen LogP contribution is -1.96. The van der Waals surface area contributed by atoms with Gasteiger partial charge in [-0.05, 0) is 123 Å². The van der Waals surface area contributed by atoms with Crippen molar-refractivity contribution in [1.29, 1.82) is 0 Å². The van der Waals surface area contributed by atoms with Gasteiger partial charge in [0.15, 0.2) is 0 Å². The summed E-state index contributed by atoms with van der Waals surface area (Å²) in [6.07, 6.45) is 10.3. The van der Waals surface area contributed by atoms with E-state index in [4.69, 9.17) is 10.2 Å². The zero-order valence-corrected chi connectivity index (χ0v) is 29.2. The molecule has 1 aliphatic carbocycles. The summed E-state index contributed by atoms with van der Waals surface area (Å²) >= 11 is 0. The number of fused-ring (bicyclic) bond motifs is 3. The van der Waals surface area contributed by atoms with E-state index >= 15 is 0 Å². The summed E-state index contributed by atoms with van der Waals surface area (Å²) < 4.78 is 6.17. The first-order valence-corrected chi connectivity index (χ1v) is 18.1. The number of benzene rings is 7. The minimum Gasteiger partial charge on any atom is -0.456 e. The van der Waals surface area contributed by atoms with Gasteiger partial charge in [0.05, 0.1) is 0 Å². The molecular formula is C50H41NO. The van der Waals surface area contributed by atoms with Gasteiger partial charge in [-0.3, -0.25) is 0 Å². The van der Waals surface area contributed by atoms with Gasteiger partial charge in [0.25, 0.3) is 0 Å². The smallest absolute Gasteiger partial charge is 0.135 e. The molecule has 0 amide bonds. The Labute approximate surface area is 306 Å². The molecule has 0 fully saturated rings. The third-order valence-electron chi connectivity index (χ3n) is 9.80. The summed E-state index contributed by atoms with van der Waals surface area (Å²) in [7, 11) is 0. The third-order valence-corrected chi connectivity index (χ3v) is 9.80. The molecule has 1 heterocycles. The Kier molecular flexibility index (Phi) is 9.73. The summed E-state index contributed by atoms with van der Waals surface area (Å²) in [5.41, 5.74) is 21.3. The van der Waals surface area contributed by atoms with Crippen molar-refractivity contribution in [3.63, 3.8) is 0 Å². The molecule has 0 saturated carbocycles.